The summed E-state index contributed by atoms with van der Waals surface area (Å²) in [6.45, 7) is 4.15. The van der Waals surface area contributed by atoms with Crippen LogP contribution in [0.2, 0.25) is 0 Å². The lowest BCUT2D eigenvalue weighted by molar-refractivity contribution is -0.136. The second-order valence-electron chi connectivity index (χ2n) is 9.53. The van der Waals surface area contributed by atoms with Gasteiger partial charge in [-0.3, -0.25) is 24.6 Å². The molecule has 5 rings (SSSR count). The van der Waals surface area contributed by atoms with Crippen molar-refractivity contribution < 1.29 is 14.4 Å². The van der Waals surface area contributed by atoms with E-state index in [0.717, 1.165) is 50.3 Å². The molecule has 2 fully saturated rings. The van der Waals surface area contributed by atoms with Gasteiger partial charge < -0.3 is 10.2 Å². The topological polar surface area (TPSA) is 94.6 Å². The third kappa shape index (κ3) is 4.91. The molecule has 8 heteroatoms. The highest BCUT2D eigenvalue weighted by Gasteiger charge is 2.39. The molecule has 0 bridgehead atoms. The molecule has 2 aromatic rings. The summed E-state index contributed by atoms with van der Waals surface area (Å²) in [6, 6.07) is 9.04. The summed E-state index contributed by atoms with van der Waals surface area (Å²) < 4.78 is 0. The molecule has 1 atom stereocenters. The van der Waals surface area contributed by atoms with Crippen molar-refractivity contribution in [2.75, 3.05) is 25.0 Å². The van der Waals surface area contributed by atoms with Gasteiger partial charge in [0.1, 0.15) is 11.7 Å². The molecule has 2 saturated heterocycles. The van der Waals surface area contributed by atoms with Gasteiger partial charge in [-0.05, 0) is 62.0 Å². The average molecular weight is 472 g/mol. The van der Waals surface area contributed by atoms with Crippen molar-refractivity contribution in [3.8, 4) is 12.3 Å². The molecule has 35 heavy (non-hydrogen) atoms. The Morgan fingerprint density at radius 3 is 2.66 bits per heavy atom. The number of pyridine rings is 1. The molecule has 0 spiro atoms. The van der Waals surface area contributed by atoms with Gasteiger partial charge in [-0.15, -0.1) is 6.42 Å². The van der Waals surface area contributed by atoms with Crippen LogP contribution in [0.5, 0.6) is 0 Å². The molecular weight excluding hydrogens is 442 g/mol. The number of imide groups is 1. The lowest BCUT2D eigenvalue weighted by Gasteiger charge is -2.32. The first-order valence-electron chi connectivity index (χ1n) is 12.2. The number of aromatic nitrogens is 1. The number of anilines is 1. The Labute approximate surface area is 205 Å². The van der Waals surface area contributed by atoms with E-state index in [1.807, 2.05) is 36.5 Å². The first-order chi connectivity index (χ1) is 17.0. The van der Waals surface area contributed by atoms with Crippen LogP contribution >= 0.6 is 0 Å². The van der Waals surface area contributed by atoms with Gasteiger partial charge >= 0.3 is 0 Å². The number of nitrogens with zero attached hydrogens (tertiary/aromatic N) is 3. The first kappa shape index (κ1) is 23.1. The maximum absolute atomic E-state index is 13.0. The van der Waals surface area contributed by atoms with Crippen molar-refractivity contribution in [2.45, 2.75) is 44.8 Å². The Bertz CT molecular complexity index is 1180. The summed E-state index contributed by atoms with van der Waals surface area (Å²) in [7, 11) is 0. The summed E-state index contributed by atoms with van der Waals surface area (Å²) >= 11 is 0. The molecule has 1 unspecified atom stereocenters. The third-order valence-electron chi connectivity index (χ3n) is 7.25. The molecule has 3 amide bonds. The molecule has 2 N–H and O–H groups in total. The average Bonchev–Trinajstić information content (AvgIpc) is 3.21. The fraction of sp³-hybridized carbons (Fsp3) is 0.407. The van der Waals surface area contributed by atoms with E-state index >= 15 is 0 Å². The fourth-order valence-corrected chi connectivity index (χ4v) is 5.22. The van der Waals surface area contributed by atoms with Crippen molar-refractivity contribution in [3.63, 3.8) is 0 Å². The number of hydrogen-bond acceptors (Lipinski definition) is 6. The minimum Gasteiger partial charge on any atom is -0.384 e. The Kier molecular flexibility index (Phi) is 6.51. The predicted octanol–water partition coefficient (Wildman–Crippen LogP) is 2.15. The molecule has 3 aliphatic rings. The minimum absolute atomic E-state index is 0.142. The van der Waals surface area contributed by atoms with Gasteiger partial charge in [0.05, 0.1) is 0 Å². The quantitative estimate of drug-likeness (QED) is 0.495. The maximum Gasteiger partial charge on any atom is 0.255 e. The number of likely N-dealkylation sites (tertiary alicyclic amines) is 1. The second-order valence-corrected chi connectivity index (χ2v) is 9.53. The monoisotopic (exact) mass is 471 g/mol. The summed E-state index contributed by atoms with van der Waals surface area (Å²) in [5.41, 5.74) is 4.35. The van der Waals surface area contributed by atoms with Gasteiger partial charge in [-0.2, -0.15) is 0 Å². The van der Waals surface area contributed by atoms with Crippen LogP contribution in [0, 0.1) is 18.3 Å². The molecule has 0 radical (unpaired) electrons. The fourth-order valence-electron chi connectivity index (χ4n) is 5.22. The normalized spacial score (nSPS) is 20.9. The molecular formula is C27H29N5O3. The zero-order valence-electron chi connectivity index (χ0n) is 19.6. The Morgan fingerprint density at radius 2 is 1.94 bits per heavy atom. The van der Waals surface area contributed by atoms with Crippen LogP contribution in [0.3, 0.4) is 0 Å². The van der Waals surface area contributed by atoms with Gasteiger partial charge in [0, 0.05) is 49.1 Å². The van der Waals surface area contributed by atoms with Crippen molar-refractivity contribution in [1.29, 1.82) is 0 Å². The van der Waals surface area contributed by atoms with Gasteiger partial charge in [-0.1, -0.05) is 18.1 Å². The number of benzene rings is 1. The van der Waals surface area contributed by atoms with E-state index < -0.39 is 6.04 Å². The first-order valence-corrected chi connectivity index (χ1v) is 12.2. The van der Waals surface area contributed by atoms with Crippen LogP contribution in [-0.2, 0) is 22.7 Å². The van der Waals surface area contributed by atoms with E-state index in [1.165, 1.54) is 5.56 Å². The molecule has 8 nitrogen and oxygen atoms in total. The van der Waals surface area contributed by atoms with E-state index in [4.69, 9.17) is 6.42 Å². The number of carbonyl (C=O) groups excluding carboxylic acids is 3. The number of piperidine rings is 2. The number of nitrogens with one attached hydrogen (secondary N) is 2. The maximum atomic E-state index is 13.0. The summed E-state index contributed by atoms with van der Waals surface area (Å²) in [5.74, 6) is 2.30. The van der Waals surface area contributed by atoms with Crippen molar-refractivity contribution in [1.82, 2.24) is 20.1 Å². The number of hydrogen-bond donors (Lipinski definition) is 2. The van der Waals surface area contributed by atoms with Crippen LogP contribution < -0.4 is 10.6 Å². The number of terminal acetylenes is 1. The lowest BCUT2D eigenvalue weighted by Crippen LogP contribution is -2.52. The minimum atomic E-state index is -0.595. The highest BCUT2D eigenvalue weighted by molar-refractivity contribution is 6.06. The van der Waals surface area contributed by atoms with Crippen LogP contribution in [0.4, 0.5) is 5.69 Å². The molecule has 0 aliphatic carbocycles. The summed E-state index contributed by atoms with van der Waals surface area (Å²) in [4.78, 5) is 45.2. The highest BCUT2D eigenvalue weighted by atomic mass is 16.2. The van der Waals surface area contributed by atoms with Crippen LogP contribution in [0.25, 0.3) is 0 Å². The second kappa shape index (κ2) is 9.88. The number of amides is 3. The molecule has 180 valence electrons. The Balaban J connectivity index is 1.15. The van der Waals surface area contributed by atoms with Crippen LogP contribution in [0.1, 0.15) is 52.9 Å². The highest BCUT2D eigenvalue weighted by Crippen LogP contribution is 2.32. The summed E-state index contributed by atoms with van der Waals surface area (Å²) in [5, 5.41) is 5.93. The molecule has 1 aromatic carbocycles. The van der Waals surface area contributed by atoms with Crippen LogP contribution in [-0.4, -0.2) is 58.2 Å². The van der Waals surface area contributed by atoms with Crippen molar-refractivity contribution >= 4 is 23.4 Å². The summed E-state index contributed by atoms with van der Waals surface area (Å²) in [6.07, 6.45) is 10.1. The van der Waals surface area contributed by atoms with Gasteiger partial charge in [-0.25, -0.2) is 4.98 Å². The Hall–Kier alpha value is -3.70. The van der Waals surface area contributed by atoms with Gasteiger partial charge in [0.2, 0.25) is 11.8 Å². The van der Waals surface area contributed by atoms with Gasteiger partial charge in [0.25, 0.3) is 5.91 Å². The van der Waals surface area contributed by atoms with E-state index in [9.17, 15) is 14.4 Å². The van der Waals surface area contributed by atoms with E-state index in [0.29, 0.717) is 30.1 Å². The van der Waals surface area contributed by atoms with E-state index in [2.05, 4.69) is 26.4 Å². The van der Waals surface area contributed by atoms with E-state index in [1.54, 1.807) is 4.90 Å². The largest absolute Gasteiger partial charge is 0.384 e. The van der Waals surface area contributed by atoms with Crippen molar-refractivity contribution in [2.24, 2.45) is 5.92 Å². The number of rotatable bonds is 6. The third-order valence-corrected chi connectivity index (χ3v) is 7.25. The smallest absolute Gasteiger partial charge is 0.255 e. The standard InChI is InChI=1S/C27H29N5O3/c1-2-20-7-6-19(15-28-20)16-31-12-10-18(11-13-31)14-29-23-5-3-4-21-22(23)17-32(27(21)35)24-8-9-25(33)30-26(24)34/h1,3-7,15,18,24,29H,8-14,16-17H2,(H,30,33,34). The lowest BCUT2D eigenvalue weighted by atomic mass is 9.96. The Morgan fingerprint density at radius 1 is 1.11 bits per heavy atom. The predicted molar refractivity (Wildman–Crippen MR) is 131 cm³/mol. The molecule has 0 saturated carbocycles. The zero-order chi connectivity index (χ0) is 24.4. The van der Waals surface area contributed by atoms with E-state index in [-0.39, 0.29) is 24.1 Å². The zero-order valence-corrected chi connectivity index (χ0v) is 19.6. The van der Waals surface area contributed by atoms with Crippen LogP contribution in [0.15, 0.2) is 36.5 Å². The SMILES string of the molecule is C#Cc1ccc(CN2CCC(CNc3cccc4c3CN(C3CCC(=O)NC3=O)C4=O)CC2)cn1. The van der Waals surface area contributed by atoms with Gasteiger partial charge in [0.15, 0.2) is 0 Å². The number of carbonyl (C=O) groups is 3. The molecule has 4 heterocycles. The van der Waals surface area contributed by atoms with Crippen molar-refractivity contribution in [3.05, 3.63) is 58.9 Å². The molecule has 3 aliphatic heterocycles. The molecule has 1 aromatic heterocycles. The number of fused-ring (bicyclic) bond motifs is 1.